The lowest BCUT2D eigenvalue weighted by Gasteiger charge is -2.30. The summed E-state index contributed by atoms with van der Waals surface area (Å²) in [6.45, 7) is 5.88. The first-order valence-corrected chi connectivity index (χ1v) is 15.4. The van der Waals surface area contributed by atoms with Gasteiger partial charge < -0.3 is 9.12 Å². The van der Waals surface area contributed by atoms with Crippen LogP contribution >= 0.6 is 0 Å². The molecule has 0 bridgehead atoms. The quantitative estimate of drug-likeness (QED) is 0.206. The standard InChI is InChI=1S/C28H30F4N2O5S2/c1-6-41(38,39)16-17-7-12-20(25(36)18-8-10-19(29)11-9-18)21(13-17)23-15-34(5)24(35)14-22(23)26(28(30,31)32)33-40(37)27(2,3)4/h7-15,26,33H,6,16H2,1-5H3/t26-,40?/m1/s1. The number of aryl methyl sites for hydroxylation is 1. The predicted molar refractivity (Wildman–Crippen MR) is 150 cm³/mol. The SMILES string of the molecule is CCS(=O)(=O)Cc1ccc(C(=O)c2ccc(F)cc2)c(-c2cn(C)c(=O)cc2[C@@H](N[S+]([O-])C(C)(C)C)C(F)(F)F)c1. The van der Waals surface area contributed by atoms with Crippen molar-refractivity contribution in [3.63, 3.8) is 0 Å². The van der Waals surface area contributed by atoms with Crippen LogP contribution in [0.5, 0.6) is 0 Å². The van der Waals surface area contributed by atoms with Crippen molar-refractivity contribution in [1.29, 1.82) is 0 Å². The second-order valence-corrected chi connectivity index (χ2v) is 14.8. The van der Waals surface area contributed by atoms with Gasteiger partial charge in [-0.05, 0) is 67.8 Å². The first-order chi connectivity index (χ1) is 18.8. The van der Waals surface area contributed by atoms with E-state index in [1.54, 1.807) is 0 Å². The lowest BCUT2D eigenvalue weighted by Crippen LogP contribution is -2.46. The Morgan fingerprint density at radius 3 is 2.20 bits per heavy atom. The number of nitrogens with one attached hydrogen (secondary N) is 1. The number of sulfone groups is 1. The Bertz CT molecular complexity index is 1600. The van der Waals surface area contributed by atoms with Crippen molar-refractivity contribution in [3.8, 4) is 11.1 Å². The van der Waals surface area contributed by atoms with Gasteiger partial charge in [0.25, 0.3) is 5.56 Å². The van der Waals surface area contributed by atoms with E-state index in [0.29, 0.717) is 0 Å². The van der Waals surface area contributed by atoms with E-state index in [1.807, 2.05) is 0 Å². The maximum atomic E-state index is 14.5. The van der Waals surface area contributed by atoms with Crippen molar-refractivity contribution < 1.29 is 35.3 Å². The van der Waals surface area contributed by atoms with E-state index in [2.05, 4.69) is 4.72 Å². The summed E-state index contributed by atoms with van der Waals surface area (Å²) in [5.74, 6) is -1.91. The maximum absolute atomic E-state index is 14.5. The number of benzene rings is 2. The number of hydrogen-bond donors (Lipinski definition) is 1. The molecule has 41 heavy (non-hydrogen) atoms. The van der Waals surface area contributed by atoms with Crippen molar-refractivity contribution in [2.45, 2.75) is 50.4 Å². The van der Waals surface area contributed by atoms with Crippen LogP contribution < -0.4 is 10.3 Å². The van der Waals surface area contributed by atoms with Gasteiger partial charge in [-0.1, -0.05) is 19.1 Å². The molecule has 0 saturated heterocycles. The van der Waals surface area contributed by atoms with Crippen LogP contribution in [0.2, 0.25) is 0 Å². The highest BCUT2D eigenvalue weighted by atomic mass is 32.2. The van der Waals surface area contributed by atoms with Crippen LogP contribution in [-0.4, -0.2) is 40.0 Å². The summed E-state index contributed by atoms with van der Waals surface area (Å²) in [6.07, 6.45) is -3.90. The summed E-state index contributed by atoms with van der Waals surface area (Å²) < 4.78 is 96.6. The molecule has 3 aromatic rings. The fourth-order valence-corrected chi connectivity index (χ4v) is 5.63. The minimum Gasteiger partial charge on any atom is -0.598 e. The van der Waals surface area contributed by atoms with Crippen molar-refractivity contribution in [3.05, 3.63) is 93.2 Å². The third-order valence-electron chi connectivity index (χ3n) is 6.23. The molecule has 0 aliphatic rings. The Kier molecular flexibility index (Phi) is 9.58. The van der Waals surface area contributed by atoms with Gasteiger partial charge in [0.2, 0.25) is 0 Å². The van der Waals surface area contributed by atoms with Crippen LogP contribution in [0, 0.1) is 5.82 Å². The number of aromatic nitrogens is 1. The Hall–Kier alpha value is -3.00. The number of carbonyl (C=O) groups excluding carboxylic acids is 1. The average molecular weight is 615 g/mol. The highest BCUT2D eigenvalue weighted by molar-refractivity contribution is 7.91. The number of rotatable bonds is 9. The molecule has 2 atom stereocenters. The zero-order chi connectivity index (χ0) is 30.9. The number of alkyl halides is 3. The van der Waals surface area contributed by atoms with E-state index >= 15 is 0 Å². The highest BCUT2D eigenvalue weighted by Crippen LogP contribution is 2.40. The molecule has 0 aliphatic carbocycles. The molecule has 0 radical (unpaired) electrons. The fraction of sp³-hybridized carbons (Fsp3) is 0.357. The predicted octanol–water partition coefficient (Wildman–Crippen LogP) is 5.01. The molecule has 1 unspecified atom stereocenters. The van der Waals surface area contributed by atoms with Gasteiger partial charge in [-0.25, -0.2) is 12.8 Å². The van der Waals surface area contributed by atoms with E-state index in [1.165, 1.54) is 65.1 Å². The van der Waals surface area contributed by atoms with Crippen molar-refractivity contribution >= 4 is 27.0 Å². The number of nitrogens with zero attached hydrogens (tertiary/aromatic N) is 1. The normalized spacial score (nSPS) is 14.1. The summed E-state index contributed by atoms with van der Waals surface area (Å²) in [5, 5.41) is 0. The summed E-state index contributed by atoms with van der Waals surface area (Å²) in [4.78, 5) is 26.2. The molecular weight excluding hydrogens is 584 g/mol. The molecule has 3 rings (SSSR count). The molecule has 13 heteroatoms. The Morgan fingerprint density at radius 1 is 1.05 bits per heavy atom. The smallest absolute Gasteiger partial charge is 0.412 e. The number of halogens is 4. The minimum absolute atomic E-state index is 0.0345. The van der Waals surface area contributed by atoms with Crippen molar-refractivity contribution in [1.82, 2.24) is 9.29 Å². The summed E-state index contributed by atoms with van der Waals surface area (Å²) in [6, 6.07) is 6.67. The number of hydrogen-bond acceptors (Lipinski definition) is 6. The van der Waals surface area contributed by atoms with Gasteiger partial charge in [0.15, 0.2) is 21.7 Å². The van der Waals surface area contributed by atoms with Crippen LogP contribution in [0.4, 0.5) is 17.6 Å². The molecule has 1 aromatic heterocycles. The summed E-state index contributed by atoms with van der Waals surface area (Å²) in [5.41, 5.74) is -1.54. The van der Waals surface area contributed by atoms with Crippen LogP contribution in [0.3, 0.4) is 0 Å². The number of ketones is 1. The Morgan fingerprint density at radius 2 is 1.66 bits per heavy atom. The van der Waals surface area contributed by atoms with E-state index in [-0.39, 0.29) is 33.6 Å². The molecule has 0 fully saturated rings. The third kappa shape index (κ3) is 7.85. The van der Waals surface area contributed by atoms with E-state index < -0.39 is 66.6 Å². The van der Waals surface area contributed by atoms with Crippen LogP contribution in [0.15, 0.2) is 59.5 Å². The Balaban J connectivity index is 2.37. The first kappa shape index (κ1) is 32.5. The molecule has 7 nitrogen and oxygen atoms in total. The summed E-state index contributed by atoms with van der Waals surface area (Å²) in [7, 11) is -2.26. The summed E-state index contributed by atoms with van der Waals surface area (Å²) >= 11 is -2.22. The van der Waals surface area contributed by atoms with Crippen LogP contribution in [0.25, 0.3) is 11.1 Å². The molecule has 0 amide bonds. The van der Waals surface area contributed by atoms with Crippen LogP contribution in [0.1, 0.15) is 60.8 Å². The molecule has 222 valence electrons. The zero-order valence-corrected chi connectivity index (χ0v) is 24.6. The molecule has 1 heterocycles. The van der Waals surface area contributed by atoms with Gasteiger partial charge in [-0.3, -0.25) is 9.59 Å². The second-order valence-electron chi connectivity index (χ2n) is 10.5. The monoisotopic (exact) mass is 614 g/mol. The van der Waals surface area contributed by atoms with Crippen molar-refractivity contribution in [2.24, 2.45) is 7.05 Å². The lowest BCUT2D eigenvalue weighted by atomic mass is 9.89. The van der Waals surface area contributed by atoms with E-state index in [0.717, 1.165) is 29.0 Å². The van der Waals surface area contributed by atoms with Gasteiger partial charge in [0.1, 0.15) is 10.6 Å². The average Bonchev–Trinajstić information content (AvgIpc) is 2.87. The number of carbonyl (C=O) groups is 1. The molecule has 0 aliphatic heterocycles. The maximum Gasteiger partial charge on any atom is 0.412 e. The van der Waals surface area contributed by atoms with Gasteiger partial charge >= 0.3 is 6.18 Å². The third-order valence-corrected chi connectivity index (χ3v) is 9.45. The van der Waals surface area contributed by atoms with E-state index in [9.17, 15) is 40.1 Å². The second kappa shape index (κ2) is 12.1. The largest absolute Gasteiger partial charge is 0.598 e. The Labute approximate surface area is 238 Å². The van der Waals surface area contributed by atoms with Gasteiger partial charge in [-0.15, -0.1) is 4.72 Å². The zero-order valence-electron chi connectivity index (χ0n) is 23.0. The molecule has 0 saturated carbocycles. The topological polar surface area (TPSA) is 108 Å². The van der Waals surface area contributed by atoms with Crippen LogP contribution in [-0.2, 0) is 34.0 Å². The molecule has 0 spiro atoms. The molecule has 2 aromatic carbocycles. The molecule has 1 N–H and O–H groups in total. The first-order valence-electron chi connectivity index (χ1n) is 12.4. The number of pyridine rings is 1. The molecular formula is C28H30F4N2O5S2. The van der Waals surface area contributed by atoms with E-state index in [4.69, 9.17) is 0 Å². The van der Waals surface area contributed by atoms with Gasteiger partial charge in [0, 0.05) is 53.1 Å². The fourth-order valence-electron chi connectivity index (χ4n) is 3.91. The lowest BCUT2D eigenvalue weighted by molar-refractivity contribution is -0.153. The van der Waals surface area contributed by atoms with Crippen molar-refractivity contribution in [2.75, 3.05) is 5.75 Å². The minimum atomic E-state index is -5.02. The van der Waals surface area contributed by atoms with Gasteiger partial charge in [0.05, 0.1) is 5.75 Å². The highest BCUT2D eigenvalue weighted by Gasteiger charge is 2.47. The van der Waals surface area contributed by atoms with Gasteiger partial charge in [-0.2, -0.15) is 13.2 Å².